The van der Waals surface area contributed by atoms with Crippen LogP contribution >= 0.6 is 0 Å². The summed E-state index contributed by atoms with van der Waals surface area (Å²) in [6, 6.07) is 0. The zero-order chi connectivity index (χ0) is 22.7. The van der Waals surface area contributed by atoms with Gasteiger partial charge in [0.2, 0.25) is 0 Å². The van der Waals surface area contributed by atoms with Gasteiger partial charge in [0, 0.05) is 6.42 Å². The second-order valence-corrected chi connectivity index (χ2v) is 9.32. The Morgan fingerprint density at radius 2 is 0.839 bits per heavy atom. The van der Waals surface area contributed by atoms with Gasteiger partial charge in [-0.25, -0.2) is 0 Å². The van der Waals surface area contributed by atoms with Crippen molar-refractivity contribution in [1.29, 1.82) is 0 Å². The molecule has 0 aliphatic heterocycles. The minimum atomic E-state index is 0. The van der Waals surface area contributed by atoms with Gasteiger partial charge in [0.15, 0.2) is 0 Å². The summed E-state index contributed by atoms with van der Waals surface area (Å²) in [5, 5.41) is 0. The van der Waals surface area contributed by atoms with Crippen LogP contribution in [0.3, 0.4) is 0 Å². The smallest absolute Gasteiger partial charge is 0.305 e. The van der Waals surface area contributed by atoms with Crippen molar-refractivity contribution >= 4 is 5.97 Å². The first kappa shape index (κ1) is 35.0. The van der Waals surface area contributed by atoms with Crippen molar-refractivity contribution in [1.82, 2.24) is 11.1 Å². The predicted octanol–water partition coefficient (Wildman–Crippen LogP) is 8.71. The van der Waals surface area contributed by atoms with Crippen LogP contribution in [0.5, 0.6) is 0 Å². The first-order chi connectivity index (χ1) is 14.5. The number of hydrogen-bond acceptors (Lipinski definition) is 4. The molecule has 31 heavy (non-hydrogen) atoms. The normalized spacial score (nSPS) is 10.4. The molecule has 0 aromatic heterocycles. The third-order valence-corrected chi connectivity index (χ3v) is 5.25. The lowest BCUT2D eigenvalue weighted by Gasteiger charge is -2.05. The van der Waals surface area contributed by atoms with E-state index in [1.165, 1.54) is 109 Å². The maximum atomic E-state index is 11.7. The number of carbonyl (C=O) groups is 1. The molecule has 0 aromatic carbocycles. The molecule has 0 atom stereocenters. The van der Waals surface area contributed by atoms with Gasteiger partial charge >= 0.3 is 5.97 Å². The predicted molar refractivity (Wildman–Crippen MR) is 139 cm³/mol. The fourth-order valence-electron chi connectivity index (χ4n) is 3.43. The molecule has 0 spiro atoms. The summed E-state index contributed by atoms with van der Waals surface area (Å²) in [5.41, 5.74) is 0. The van der Waals surface area contributed by atoms with Crippen LogP contribution in [0, 0.1) is 0 Å². The summed E-state index contributed by atoms with van der Waals surface area (Å²) in [6.07, 6.45) is 25.5. The van der Waals surface area contributed by atoms with E-state index in [1.807, 2.05) is 26.0 Å². The minimum absolute atomic E-state index is 0. The zero-order valence-electron chi connectivity index (χ0n) is 22.3. The molecule has 4 nitrogen and oxygen atoms in total. The van der Waals surface area contributed by atoms with E-state index in [9.17, 15) is 4.79 Å². The Labute approximate surface area is 196 Å². The first-order valence-electron chi connectivity index (χ1n) is 13.3. The van der Waals surface area contributed by atoms with Crippen LogP contribution in [0.1, 0.15) is 142 Å². The van der Waals surface area contributed by atoms with Crippen molar-refractivity contribution in [3.8, 4) is 0 Å². The molecule has 0 saturated heterocycles. The molecule has 0 heterocycles. The van der Waals surface area contributed by atoms with Crippen LogP contribution in [0.25, 0.3) is 0 Å². The number of esters is 1. The largest absolute Gasteiger partial charge is 0.466 e. The molecule has 0 amide bonds. The quantitative estimate of drug-likeness (QED) is 0.142. The van der Waals surface area contributed by atoms with E-state index in [-0.39, 0.29) is 12.1 Å². The molecule has 0 saturated carbocycles. The fraction of sp³-hybridized carbons (Fsp3) is 0.963. The lowest BCUT2D eigenvalue weighted by atomic mass is 10.1. The lowest BCUT2D eigenvalue weighted by Crippen LogP contribution is -2.05. The molecule has 4 heteroatoms. The number of nitrogens with zero attached hydrogens (tertiary/aromatic N) is 1. The number of ether oxygens (including phenoxy) is 1. The van der Waals surface area contributed by atoms with Gasteiger partial charge in [-0.3, -0.25) is 4.79 Å². The molecule has 0 fully saturated rings. The first-order valence-corrected chi connectivity index (χ1v) is 13.3. The molecule has 0 aliphatic rings. The van der Waals surface area contributed by atoms with E-state index < -0.39 is 0 Å². The van der Waals surface area contributed by atoms with Crippen LogP contribution in [0.4, 0.5) is 0 Å². The Morgan fingerprint density at radius 1 is 0.548 bits per heavy atom. The average Bonchev–Trinajstić information content (AvgIpc) is 2.70. The van der Waals surface area contributed by atoms with Gasteiger partial charge in [-0.1, -0.05) is 123 Å². The van der Waals surface area contributed by atoms with Crippen molar-refractivity contribution in [2.75, 3.05) is 27.7 Å². The van der Waals surface area contributed by atoms with Crippen molar-refractivity contribution in [2.45, 2.75) is 142 Å². The molecule has 3 N–H and O–H groups in total. The third kappa shape index (κ3) is 40.3. The molecular weight excluding hydrogens is 384 g/mol. The molecular formula is C27H60N2O2. The highest BCUT2D eigenvalue weighted by atomic mass is 16.5. The van der Waals surface area contributed by atoms with E-state index in [0.717, 1.165) is 12.8 Å². The standard InChI is InChI=1S/C24H48O2.C3H9N.H3N/c1-3-5-7-9-11-13-15-17-19-21-23-26-24(25)22-20-18-16-14-12-10-8-6-4-2;1-4(2)3;/h3-23H2,1-2H3;1-3H3;1H3. The van der Waals surface area contributed by atoms with Crippen LogP contribution in [0.15, 0.2) is 0 Å². The van der Waals surface area contributed by atoms with Crippen LogP contribution in [0.2, 0.25) is 0 Å². The Bertz CT molecular complexity index is 320. The number of rotatable bonds is 21. The molecule has 0 aromatic rings. The van der Waals surface area contributed by atoms with Crippen molar-refractivity contribution in [3.05, 3.63) is 0 Å². The zero-order valence-corrected chi connectivity index (χ0v) is 22.3. The second-order valence-electron chi connectivity index (χ2n) is 9.32. The number of hydrogen-bond donors (Lipinski definition) is 1. The van der Waals surface area contributed by atoms with E-state index in [0.29, 0.717) is 13.0 Å². The van der Waals surface area contributed by atoms with E-state index in [4.69, 9.17) is 4.74 Å². The highest BCUT2D eigenvalue weighted by molar-refractivity contribution is 5.69. The Morgan fingerprint density at radius 3 is 1.19 bits per heavy atom. The summed E-state index contributed by atoms with van der Waals surface area (Å²) in [6.45, 7) is 5.16. The molecule has 0 aliphatic carbocycles. The summed E-state index contributed by atoms with van der Waals surface area (Å²) < 4.78 is 5.35. The van der Waals surface area contributed by atoms with Gasteiger partial charge in [-0.15, -0.1) is 0 Å². The highest BCUT2D eigenvalue weighted by Crippen LogP contribution is 2.12. The van der Waals surface area contributed by atoms with Crippen molar-refractivity contribution < 1.29 is 9.53 Å². The number of carbonyl (C=O) groups excluding carboxylic acids is 1. The van der Waals surface area contributed by atoms with Gasteiger partial charge in [0.1, 0.15) is 0 Å². The topological polar surface area (TPSA) is 64.5 Å². The summed E-state index contributed by atoms with van der Waals surface area (Å²) in [7, 11) is 6.00. The lowest BCUT2D eigenvalue weighted by molar-refractivity contribution is -0.143. The van der Waals surface area contributed by atoms with Gasteiger partial charge in [0.25, 0.3) is 0 Å². The highest BCUT2D eigenvalue weighted by Gasteiger charge is 2.02. The Hall–Kier alpha value is -0.610. The van der Waals surface area contributed by atoms with E-state index in [2.05, 4.69) is 13.8 Å². The van der Waals surface area contributed by atoms with E-state index in [1.54, 1.807) is 0 Å². The molecule has 0 bridgehead atoms. The average molecular weight is 445 g/mol. The van der Waals surface area contributed by atoms with Crippen molar-refractivity contribution in [3.63, 3.8) is 0 Å². The fourth-order valence-corrected chi connectivity index (χ4v) is 3.43. The van der Waals surface area contributed by atoms with Crippen LogP contribution in [-0.2, 0) is 9.53 Å². The van der Waals surface area contributed by atoms with Gasteiger partial charge in [-0.2, -0.15) is 0 Å². The van der Waals surface area contributed by atoms with Gasteiger partial charge < -0.3 is 15.8 Å². The summed E-state index contributed by atoms with van der Waals surface area (Å²) in [5.74, 6) is 0.0175. The molecule has 0 unspecified atom stereocenters. The second kappa shape index (κ2) is 31.6. The Kier molecular flexibility index (Phi) is 35.6. The Balaban J connectivity index is -0.00000143. The van der Waals surface area contributed by atoms with E-state index >= 15 is 0 Å². The molecule has 190 valence electrons. The summed E-state index contributed by atoms with van der Waals surface area (Å²) >= 11 is 0. The molecule has 0 radical (unpaired) electrons. The monoisotopic (exact) mass is 444 g/mol. The van der Waals surface area contributed by atoms with Gasteiger partial charge in [0.05, 0.1) is 6.61 Å². The van der Waals surface area contributed by atoms with Crippen LogP contribution < -0.4 is 6.15 Å². The third-order valence-electron chi connectivity index (χ3n) is 5.25. The van der Waals surface area contributed by atoms with Crippen LogP contribution in [-0.4, -0.2) is 38.6 Å². The maximum absolute atomic E-state index is 11.7. The SMILES string of the molecule is CCCCCCCCCCCCOC(=O)CCCCCCCCCCC.CN(C)C.N. The number of unbranched alkanes of at least 4 members (excludes halogenated alkanes) is 17. The van der Waals surface area contributed by atoms with Crippen molar-refractivity contribution in [2.24, 2.45) is 0 Å². The maximum Gasteiger partial charge on any atom is 0.305 e. The summed E-state index contributed by atoms with van der Waals surface area (Å²) in [4.78, 5) is 13.7. The van der Waals surface area contributed by atoms with Gasteiger partial charge in [-0.05, 0) is 34.0 Å². The minimum Gasteiger partial charge on any atom is -0.466 e. The molecule has 0 rings (SSSR count).